The molecule has 0 saturated carbocycles. The maximum atomic E-state index is 12.6. The predicted octanol–water partition coefficient (Wildman–Crippen LogP) is 2.03. The lowest BCUT2D eigenvalue weighted by Gasteiger charge is -2.24. The summed E-state index contributed by atoms with van der Waals surface area (Å²) in [5.41, 5.74) is -0.931. The van der Waals surface area contributed by atoms with Gasteiger partial charge in [-0.05, 0) is 0 Å². The van der Waals surface area contributed by atoms with Crippen molar-refractivity contribution in [1.82, 2.24) is 9.97 Å². The molecule has 1 aliphatic heterocycles. The molecule has 2 heterocycles. The van der Waals surface area contributed by atoms with E-state index in [0.29, 0.717) is 18.2 Å². The molecule has 0 atom stereocenters. The van der Waals surface area contributed by atoms with E-state index in [-0.39, 0.29) is 11.2 Å². The fraction of sp³-hybridized carbons (Fsp3) is 0.556. The average molecular weight is 265 g/mol. The van der Waals surface area contributed by atoms with Crippen LogP contribution in [0.5, 0.6) is 0 Å². The Morgan fingerprint density at radius 2 is 2.12 bits per heavy atom. The molecule has 8 heteroatoms. The van der Waals surface area contributed by atoms with E-state index in [1.54, 1.807) is 0 Å². The zero-order valence-electron chi connectivity index (χ0n) is 8.91. The Kier molecular flexibility index (Phi) is 3.43. The number of aromatic nitrogens is 2. The Balaban J connectivity index is 2.24. The molecule has 0 radical (unpaired) electrons. The number of alkyl halides is 3. The molecule has 0 amide bonds. The molecule has 1 fully saturated rings. The van der Waals surface area contributed by atoms with E-state index < -0.39 is 11.9 Å². The largest absolute Gasteiger partial charge is 0.433 e. The second-order valence-corrected chi connectivity index (χ2v) is 4.76. The highest BCUT2D eigenvalue weighted by atomic mass is 32.2. The molecule has 2 rings (SSSR count). The Bertz CT molecular complexity index is 409. The highest BCUT2D eigenvalue weighted by molar-refractivity contribution is 8.00. The lowest BCUT2D eigenvalue weighted by Crippen LogP contribution is -2.30. The van der Waals surface area contributed by atoms with Gasteiger partial charge in [0.05, 0.1) is 18.5 Å². The summed E-state index contributed by atoms with van der Waals surface area (Å²) in [7, 11) is 1.48. The summed E-state index contributed by atoms with van der Waals surface area (Å²) in [6.45, 7) is 1.09. The molecule has 17 heavy (non-hydrogen) atoms. The number of thioether (sulfide) groups is 1. The van der Waals surface area contributed by atoms with E-state index in [9.17, 15) is 13.2 Å². The smallest absolute Gasteiger partial charge is 0.379 e. The predicted molar refractivity (Wildman–Crippen MR) is 57.0 cm³/mol. The molecule has 94 valence electrons. The monoisotopic (exact) mass is 265 g/mol. The summed E-state index contributed by atoms with van der Waals surface area (Å²) >= 11 is 1.27. The molecule has 1 aromatic heterocycles. The molecule has 1 aliphatic rings. The first-order valence-electron chi connectivity index (χ1n) is 4.87. The molecule has 1 saturated heterocycles. The van der Waals surface area contributed by atoms with Crippen molar-refractivity contribution in [2.45, 2.75) is 16.5 Å². The molecule has 1 N–H and O–H groups in total. The summed E-state index contributed by atoms with van der Waals surface area (Å²) in [6.07, 6.45) is -4.46. The summed E-state index contributed by atoms with van der Waals surface area (Å²) in [5, 5.41) is 3.01. The first-order valence-corrected chi connectivity index (χ1v) is 5.75. The highest BCUT2D eigenvalue weighted by Gasteiger charge is 2.34. The quantitative estimate of drug-likeness (QED) is 0.847. The Labute approximate surface area is 100.0 Å². The molecule has 1 aromatic rings. The maximum Gasteiger partial charge on any atom is 0.433 e. The van der Waals surface area contributed by atoms with Crippen LogP contribution in [-0.2, 0) is 10.9 Å². The van der Waals surface area contributed by atoms with Crippen molar-refractivity contribution < 1.29 is 17.9 Å². The third-order valence-corrected chi connectivity index (χ3v) is 3.17. The van der Waals surface area contributed by atoms with Crippen LogP contribution in [0, 0.1) is 0 Å². The maximum absolute atomic E-state index is 12.6. The minimum absolute atomic E-state index is 0.0254. The van der Waals surface area contributed by atoms with Crippen molar-refractivity contribution in [3.63, 3.8) is 0 Å². The number of halogens is 3. The number of nitrogens with one attached hydrogen (secondary N) is 1. The van der Waals surface area contributed by atoms with Crippen LogP contribution in [0.25, 0.3) is 0 Å². The van der Waals surface area contributed by atoms with Gasteiger partial charge in [-0.1, -0.05) is 11.8 Å². The van der Waals surface area contributed by atoms with Crippen molar-refractivity contribution in [3.8, 4) is 0 Å². The molecule has 0 bridgehead atoms. The van der Waals surface area contributed by atoms with Crippen molar-refractivity contribution in [2.75, 3.05) is 25.6 Å². The average Bonchev–Trinajstić information content (AvgIpc) is 2.22. The normalized spacial score (nSPS) is 16.7. The number of ether oxygens (including phenoxy) is 1. The van der Waals surface area contributed by atoms with Crippen LogP contribution in [0.2, 0.25) is 0 Å². The fourth-order valence-corrected chi connectivity index (χ4v) is 2.18. The number of anilines is 1. The third-order valence-electron chi connectivity index (χ3n) is 2.11. The van der Waals surface area contributed by atoms with Crippen LogP contribution in [0.4, 0.5) is 19.1 Å². The Morgan fingerprint density at radius 1 is 1.41 bits per heavy atom. The Morgan fingerprint density at radius 3 is 2.59 bits per heavy atom. The molecule has 4 nitrogen and oxygen atoms in total. The second kappa shape index (κ2) is 4.69. The van der Waals surface area contributed by atoms with Gasteiger partial charge in [-0.2, -0.15) is 13.2 Å². The van der Waals surface area contributed by atoms with Crippen LogP contribution in [-0.4, -0.2) is 35.5 Å². The van der Waals surface area contributed by atoms with Crippen LogP contribution in [0.15, 0.2) is 11.1 Å². The molecule has 0 spiro atoms. The van der Waals surface area contributed by atoms with Crippen LogP contribution in [0.1, 0.15) is 5.69 Å². The van der Waals surface area contributed by atoms with Gasteiger partial charge in [-0.25, -0.2) is 9.97 Å². The first-order chi connectivity index (χ1) is 7.99. The van der Waals surface area contributed by atoms with E-state index in [1.807, 2.05) is 0 Å². The van der Waals surface area contributed by atoms with Crippen molar-refractivity contribution in [2.24, 2.45) is 0 Å². The number of nitrogens with zero attached hydrogens (tertiary/aromatic N) is 2. The molecular formula is C9H10F3N3OS. The van der Waals surface area contributed by atoms with E-state index in [1.165, 1.54) is 18.8 Å². The molecular weight excluding hydrogens is 255 g/mol. The van der Waals surface area contributed by atoms with Crippen LogP contribution in [0.3, 0.4) is 0 Å². The molecule has 0 aromatic carbocycles. The summed E-state index contributed by atoms with van der Waals surface area (Å²) in [6, 6.07) is 0.962. The summed E-state index contributed by atoms with van der Waals surface area (Å²) in [5.74, 6) is -0.0254. The first kappa shape index (κ1) is 12.4. The lowest BCUT2D eigenvalue weighted by atomic mass is 10.4. The minimum atomic E-state index is -4.46. The van der Waals surface area contributed by atoms with Gasteiger partial charge in [0.1, 0.15) is 5.03 Å². The van der Waals surface area contributed by atoms with Gasteiger partial charge in [0.15, 0.2) is 5.69 Å². The van der Waals surface area contributed by atoms with Crippen LogP contribution < -0.4 is 5.32 Å². The van der Waals surface area contributed by atoms with Crippen molar-refractivity contribution in [1.29, 1.82) is 0 Å². The standard InChI is InChI=1S/C9H10F3N3OS/c1-13-8-14-6(9(10,11)12)2-7(15-8)17-5-3-16-4-5/h2,5H,3-4H2,1H3,(H,13,14,15). The summed E-state index contributed by atoms with van der Waals surface area (Å²) < 4.78 is 42.7. The van der Waals surface area contributed by atoms with Gasteiger partial charge in [0.25, 0.3) is 0 Å². The topological polar surface area (TPSA) is 47.0 Å². The van der Waals surface area contributed by atoms with Gasteiger partial charge >= 0.3 is 6.18 Å². The Hall–Kier alpha value is -1.02. The van der Waals surface area contributed by atoms with E-state index >= 15 is 0 Å². The van der Waals surface area contributed by atoms with Crippen molar-refractivity contribution in [3.05, 3.63) is 11.8 Å². The highest BCUT2D eigenvalue weighted by Crippen LogP contribution is 2.33. The number of hydrogen-bond acceptors (Lipinski definition) is 5. The second-order valence-electron chi connectivity index (χ2n) is 3.44. The van der Waals surface area contributed by atoms with Gasteiger partial charge in [-0.3, -0.25) is 0 Å². The lowest BCUT2D eigenvalue weighted by molar-refractivity contribution is -0.141. The van der Waals surface area contributed by atoms with Crippen molar-refractivity contribution >= 4 is 17.7 Å². The number of hydrogen-bond donors (Lipinski definition) is 1. The number of rotatable bonds is 3. The third kappa shape index (κ3) is 3.01. The molecule has 0 unspecified atom stereocenters. The fourth-order valence-electron chi connectivity index (χ4n) is 1.20. The van der Waals surface area contributed by atoms with E-state index in [0.717, 1.165) is 6.07 Å². The van der Waals surface area contributed by atoms with Gasteiger partial charge in [0.2, 0.25) is 5.95 Å². The van der Waals surface area contributed by atoms with Crippen LogP contribution >= 0.6 is 11.8 Å². The SMILES string of the molecule is CNc1nc(SC2COC2)cc(C(F)(F)F)n1. The zero-order valence-corrected chi connectivity index (χ0v) is 9.73. The van der Waals surface area contributed by atoms with Gasteiger partial charge < -0.3 is 10.1 Å². The summed E-state index contributed by atoms with van der Waals surface area (Å²) in [4.78, 5) is 7.35. The van der Waals surface area contributed by atoms with E-state index in [2.05, 4.69) is 15.3 Å². The van der Waals surface area contributed by atoms with E-state index in [4.69, 9.17) is 4.74 Å². The molecule has 0 aliphatic carbocycles. The minimum Gasteiger partial charge on any atom is -0.379 e. The van der Waals surface area contributed by atoms with Gasteiger partial charge in [-0.15, -0.1) is 0 Å². The zero-order chi connectivity index (χ0) is 12.5. The van der Waals surface area contributed by atoms with Gasteiger partial charge in [0, 0.05) is 13.1 Å².